The number of likely N-dealkylation sites (N-methyl/N-ethyl adjacent to an activating group) is 2. The van der Waals surface area contributed by atoms with E-state index in [9.17, 15) is 10.4 Å². The lowest BCUT2D eigenvalue weighted by atomic mass is 9.65. The Morgan fingerprint density at radius 3 is 1.66 bits per heavy atom. The Labute approximate surface area is 180 Å². The third-order valence-electron chi connectivity index (χ3n) is 11.6. The van der Waals surface area contributed by atoms with Crippen molar-refractivity contribution in [2.45, 2.75) is 99.6 Å². The zero-order valence-electron chi connectivity index (χ0n) is 21.0. The van der Waals surface area contributed by atoms with Crippen molar-refractivity contribution in [3.63, 3.8) is 0 Å². The van der Waals surface area contributed by atoms with E-state index in [-0.39, 0.29) is 43.0 Å². The van der Waals surface area contributed by atoms with Crippen molar-refractivity contribution in [2.24, 2.45) is 33.5 Å². The van der Waals surface area contributed by atoms with E-state index >= 15 is 0 Å². The van der Waals surface area contributed by atoms with Crippen LogP contribution in [0.15, 0.2) is 0 Å². The van der Waals surface area contributed by atoms with Crippen LogP contribution in [0.4, 0.5) is 0 Å². The second kappa shape index (κ2) is 6.67. The molecular formula is C25H48N2O2. The van der Waals surface area contributed by atoms with Crippen LogP contribution < -0.4 is 0 Å². The van der Waals surface area contributed by atoms with Crippen molar-refractivity contribution in [3.8, 4) is 0 Å². The summed E-state index contributed by atoms with van der Waals surface area (Å²) in [5, 5.41) is 27.7. The second-order valence-corrected chi connectivity index (χ2v) is 13.2. The van der Waals surface area contributed by atoms with E-state index in [1.807, 2.05) is 14.1 Å². The van der Waals surface area contributed by atoms with Gasteiger partial charge in [-0.2, -0.15) is 0 Å². The van der Waals surface area contributed by atoms with Crippen molar-refractivity contribution in [2.75, 3.05) is 27.2 Å². The standard InChI is InChI=1S/C25H48N2O2/c1-11-18-16-20(24(6,7)22(18,2)3)26(9,28)14-15-27(10,29)21-17-19-12-13-25(21,8)23(19,4)5/h18-21H,11-17H2,1-10H3. The summed E-state index contributed by atoms with van der Waals surface area (Å²) in [7, 11) is 3.69. The molecule has 0 saturated heterocycles. The molecule has 0 heterocycles. The summed E-state index contributed by atoms with van der Waals surface area (Å²) >= 11 is 0. The van der Waals surface area contributed by atoms with Gasteiger partial charge in [-0.3, -0.25) is 0 Å². The number of hydroxylamine groups is 6. The Kier molecular flexibility index (Phi) is 5.40. The van der Waals surface area contributed by atoms with Crippen LogP contribution in [0.25, 0.3) is 0 Å². The molecule has 3 aliphatic carbocycles. The highest BCUT2D eigenvalue weighted by Crippen LogP contribution is 2.67. The molecule has 4 nitrogen and oxygen atoms in total. The molecule has 0 amide bonds. The number of hydrogen-bond donors (Lipinski definition) is 0. The van der Waals surface area contributed by atoms with Crippen molar-refractivity contribution in [1.29, 1.82) is 0 Å². The first-order chi connectivity index (χ1) is 12.9. The first-order valence-electron chi connectivity index (χ1n) is 12.1. The van der Waals surface area contributed by atoms with Gasteiger partial charge in [0.05, 0.1) is 26.2 Å². The predicted octanol–water partition coefficient (Wildman–Crippen LogP) is 5.94. The molecule has 29 heavy (non-hydrogen) atoms. The maximum Gasteiger partial charge on any atom is 0.129 e. The summed E-state index contributed by atoms with van der Waals surface area (Å²) in [5.74, 6) is 1.24. The van der Waals surface area contributed by atoms with E-state index in [0.29, 0.717) is 24.9 Å². The van der Waals surface area contributed by atoms with Crippen molar-refractivity contribution in [1.82, 2.24) is 0 Å². The Morgan fingerprint density at radius 1 is 0.759 bits per heavy atom. The minimum absolute atomic E-state index is 0.0309. The topological polar surface area (TPSA) is 46.1 Å². The highest BCUT2D eigenvalue weighted by Gasteiger charge is 2.65. The molecule has 170 valence electrons. The van der Waals surface area contributed by atoms with Gasteiger partial charge in [-0.25, -0.2) is 0 Å². The fourth-order valence-electron chi connectivity index (χ4n) is 8.09. The predicted molar refractivity (Wildman–Crippen MR) is 122 cm³/mol. The zero-order chi connectivity index (χ0) is 22.3. The van der Waals surface area contributed by atoms with Crippen LogP contribution in [0, 0.1) is 43.9 Å². The van der Waals surface area contributed by atoms with Gasteiger partial charge in [-0.1, -0.05) is 61.8 Å². The maximum atomic E-state index is 13.9. The van der Waals surface area contributed by atoms with E-state index in [1.54, 1.807) is 0 Å². The monoisotopic (exact) mass is 408 g/mol. The maximum absolute atomic E-state index is 13.9. The third kappa shape index (κ3) is 3.15. The average molecular weight is 409 g/mol. The number of nitrogens with zero attached hydrogens (tertiary/aromatic N) is 2. The molecule has 0 N–H and O–H groups in total. The fourth-order valence-corrected chi connectivity index (χ4v) is 8.09. The van der Waals surface area contributed by atoms with Gasteiger partial charge < -0.3 is 19.7 Å². The van der Waals surface area contributed by atoms with E-state index in [4.69, 9.17) is 0 Å². The van der Waals surface area contributed by atoms with Gasteiger partial charge in [0.15, 0.2) is 0 Å². The summed E-state index contributed by atoms with van der Waals surface area (Å²) in [4.78, 5) is 0. The van der Waals surface area contributed by atoms with Gasteiger partial charge in [-0.15, -0.1) is 0 Å². The van der Waals surface area contributed by atoms with Crippen LogP contribution in [-0.4, -0.2) is 48.6 Å². The molecule has 0 aromatic carbocycles. The number of quaternary nitrogens is 2. The first kappa shape index (κ1) is 23.5. The number of fused-ring (bicyclic) bond motifs is 2. The SMILES string of the molecule is CCC1CC([N+](C)([O-])CC[N+](C)([O-])C2CC3CCC2(C)C3(C)C)C(C)(C)C1(C)C. The van der Waals surface area contributed by atoms with E-state index in [2.05, 4.69) is 55.4 Å². The van der Waals surface area contributed by atoms with Crippen LogP contribution in [0.1, 0.15) is 87.5 Å². The average Bonchev–Trinajstić information content (AvgIpc) is 3.02. The lowest BCUT2D eigenvalue weighted by molar-refractivity contribution is -0.948. The third-order valence-corrected chi connectivity index (χ3v) is 11.6. The molecule has 0 aromatic rings. The molecule has 0 spiro atoms. The largest absolute Gasteiger partial charge is 0.633 e. The first-order valence-corrected chi connectivity index (χ1v) is 12.1. The highest BCUT2D eigenvalue weighted by molar-refractivity contribution is 5.11. The minimum Gasteiger partial charge on any atom is -0.633 e. The van der Waals surface area contributed by atoms with Crippen LogP contribution in [0.5, 0.6) is 0 Å². The molecule has 0 radical (unpaired) electrons. The smallest absolute Gasteiger partial charge is 0.129 e. The van der Waals surface area contributed by atoms with Gasteiger partial charge in [-0.05, 0) is 35.5 Å². The van der Waals surface area contributed by atoms with Crippen LogP contribution >= 0.6 is 0 Å². The van der Waals surface area contributed by atoms with Crippen LogP contribution in [0.2, 0.25) is 0 Å². The van der Waals surface area contributed by atoms with Crippen molar-refractivity contribution in [3.05, 3.63) is 10.4 Å². The minimum atomic E-state index is -0.265. The fraction of sp³-hybridized carbons (Fsp3) is 1.00. The van der Waals surface area contributed by atoms with E-state index in [1.165, 1.54) is 6.42 Å². The summed E-state index contributed by atoms with van der Waals surface area (Å²) < 4.78 is -0.500. The van der Waals surface area contributed by atoms with Gasteiger partial charge in [0.25, 0.3) is 0 Å². The van der Waals surface area contributed by atoms with Crippen LogP contribution in [0.3, 0.4) is 0 Å². The number of rotatable bonds is 6. The second-order valence-electron chi connectivity index (χ2n) is 13.2. The molecule has 0 aliphatic heterocycles. The molecule has 3 aliphatic rings. The van der Waals surface area contributed by atoms with Gasteiger partial charge >= 0.3 is 0 Å². The molecule has 7 unspecified atom stereocenters. The summed E-state index contributed by atoms with van der Waals surface area (Å²) in [6.07, 6.45) is 5.57. The van der Waals surface area contributed by atoms with Gasteiger partial charge in [0, 0.05) is 23.7 Å². The van der Waals surface area contributed by atoms with Crippen molar-refractivity contribution < 1.29 is 9.29 Å². The molecule has 3 rings (SSSR count). The summed E-state index contributed by atoms with van der Waals surface area (Å²) in [6.45, 7) is 19.4. The quantitative estimate of drug-likeness (QED) is 0.403. The lowest BCUT2D eigenvalue weighted by Crippen LogP contribution is -2.61. The van der Waals surface area contributed by atoms with E-state index < -0.39 is 0 Å². The Bertz CT molecular complexity index is 637. The summed E-state index contributed by atoms with van der Waals surface area (Å²) in [6, 6.07) is 0.196. The van der Waals surface area contributed by atoms with E-state index in [0.717, 1.165) is 25.7 Å². The molecule has 0 aromatic heterocycles. The van der Waals surface area contributed by atoms with Gasteiger partial charge in [0.2, 0.25) is 0 Å². The molecule has 4 heteroatoms. The lowest BCUT2D eigenvalue weighted by Gasteiger charge is -2.56. The number of hydrogen-bond acceptors (Lipinski definition) is 2. The van der Waals surface area contributed by atoms with Crippen molar-refractivity contribution >= 4 is 0 Å². The molecule has 2 bridgehead atoms. The van der Waals surface area contributed by atoms with Crippen LogP contribution in [-0.2, 0) is 0 Å². The molecule has 7 atom stereocenters. The molecule has 3 fully saturated rings. The summed E-state index contributed by atoms with van der Waals surface area (Å²) in [5.41, 5.74) is 0.455. The zero-order valence-corrected chi connectivity index (χ0v) is 21.0. The van der Waals surface area contributed by atoms with Gasteiger partial charge in [0.1, 0.15) is 13.1 Å². The highest BCUT2D eigenvalue weighted by atomic mass is 16.6. The molecular weight excluding hydrogens is 360 g/mol. The molecule has 3 saturated carbocycles. The normalized spacial score (nSPS) is 43.9. The Morgan fingerprint density at radius 2 is 1.28 bits per heavy atom. The Hall–Kier alpha value is -0.160. The Balaban J connectivity index is 1.75.